The van der Waals surface area contributed by atoms with Gasteiger partial charge in [-0.15, -0.1) is 0 Å². The van der Waals surface area contributed by atoms with Gasteiger partial charge in [0, 0.05) is 5.92 Å². The standard InChI is InChI=1S/C12H14O3/c13-12-6-11(9-15-12)8-14-7-10-4-2-1-3-5-10/h1-5,11H,6-9H2/t11-/m1/s1. The van der Waals surface area contributed by atoms with Crippen molar-refractivity contribution in [2.75, 3.05) is 13.2 Å². The Balaban J connectivity index is 1.69. The summed E-state index contributed by atoms with van der Waals surface area (Å²) in [6.45, 7) is 1.71. The zero-order valence-electron chi connectivity index (χ0n) is 8.52. The Morgan fingerprint density at radius 1 is 1.33 bits per heavy atom. The average molecular weight is 206 g/mol. The second-order valence-electron chi connectivity index (χ2n) is 3.75. The van der Waals surface area contributed by atoms with E-state index in [4.69, 9.17) is 9.47 Å². The summed E-state index contributed by atoms with van der Waals surface area (Å²) in [5, 5.41) is 0. The summed E-state index contributed by atoms with van der Waals surface area (Å²) in [7, 11) is 0. The molecule has 3 heteroatoms. The van der Waals surface area contributed by atoms with E-state index in [1.807, 2.05) is 30.3 Å². The predicted molar refractivity (Wildman–Crippen MR) is 55.2 cm³/mol. The molecule has 0 saturated carbocycles. The van der Waals surface area contributed by atoms with Crippen molar-refractivity contribution >= 4 is 5.97 Å². The molecule has 0 aliphatic carbocycles. The third-order valence-electron chi connectivity index (χ3n) is 2.40. The van der Waals surface area contributed by atoms with Crippen LogP contribution in [0, 0.1) is 5.92 Å². The monoisotopic (exact) mass is 206 g/mol. The van der Waals surface area contributed by atoms with Crippen molar-refractivity contribution in [3.63, 3.8) is 0 Å². The average Bonchev–Trinajstić information content (AvgIpc) is 2.66. The van der Waals surface area contributed by atoms with Crippen molar-refractivity contribution in [2.24, 2.45) is 5.92 Å². The summed E-state index contributed by atoms with van der Waals surface area (Å²) in [6.07, 6.45) is 0.495. The molecule has 1 aromatic rings. The van der Waals surface area contributed by atoms with Crippen LogP contribution >= 0.6 is 0 Å². The highest BCUT2D eigenvalue weighted by Crippen LogP contribution is 2.14. The van der Waals surface area contributed by atoms with Gasteiger partial charge >= 0.3 is 5.97 Å². The molecule has 0 bridgehead atoms. The fourth-order valence-corrected chi connectivity index (χ4v) is 1.59. The first-order valence-corrected chi connectivity index (χ1v) is 5.12. The van der Waals surface area contributed by atoms with Crippen molar-refractivity contribution in [1.29, 1.82) is 0 Å². The largest absolute Gasteiger partial charge is 0.465 e. The van der Waals surface area contributed by atoms with Crippen LogP contribution < -0.4 is 0 Å². The van der Waals surface area contributed by atoms with Gasteiger partial charge in [0.1, 0.15) is 0 Å². The molecule has 0 spiro atoms. The van der Waals surface area contributed by atoms with Crippen molar-refractivity contribution in [2.45, 2.75) is 13.0 Å². The molecule has 1 aromatic carbocycles. The van der Waals surface area contributed by atoms with Crippen LogP contribution in [0.3, 0.4) is 0 Å². The molecular formula is C12H14O3. The second-order valence-corrected chi connectivity index (χ2v) is 3.75. The summed E-state index contributed by atoms with van der Waals surface area (Å²) >= 11 is 0. The molecule has 3 nitrogen and oxygen atoms in total. The van der Waals surface area contributed by atoms with Crippen molar-refractivity contribution in [1.82, 2.24) is 0 Å². The van der Waals surface area contributed by atoms with Gasteiger partial charge in [-0.05, 0) is 5.56 Å². The van der Waals surface area contributed by atoms with E-state index in [-0.39, 0.29) is 11.9 Å². The fourth-order valence-electron chi connectivity index (χ4n) is 1.59. The number of carbonyl (C=O) groups is 1. The molecule has 0 amide bonds. The predicted octanol–water partition coefficient (Wildman–Crippen LogP) is 1.77. The van der Waals surface area contributed by atoms with E-state index in [0.29, 0.717) is 26.2 Å². The van der Waals surface area contributed by atoms with Crippen LogP contribution in [0.1, 0.15) is 12.0 Å². The summed E-state index contributed by atoms with van der Waals surface area (Å²) < 4.78 is 10.4. The van der Waals surface area contributed by atoms with Crippen LogP contribution in [0.4, 0.5) is 0 Å². The molecule has 2 rings (SSSR count). The van der Waals surface area contributed by atoms with Crippen LogP contribution in [0.2, 0.25) is 0 Å². The van der Waals surface area contributed by atoms with Crippen LogP contribution in [0.15, 0.2) is 30.3 Å². The van der Waals surface area contributed by atoms with Gasteiger partial charge in [0.15, 0.2) is 0 Å². The van der Waals surface area contributed by atoms with E-state index >= 15 is 0 Å². The van der Waals surface area contributed by atoms with Crippen molar-refractivity contribution in [3.05, 3.63) is 35.9 Å². The molecule has 0 unspecified atom stereocenters. The van der Waals surface area contributed by atoms with Gasteiger partial charge in [0.25, 0.3) is 0 Å². The van der Waals surface area contributed by atoms with Crippen LogP contribution in [-0.4, -0.2) is 19.2 Å². The van der Waals surface area contributed by atoms with Gasteiger partial charge in [0.2, 0.25) is 0 Å². The van der Waals surface area contributed by atoms with Gasteiger partial charge in [-0.1, -0.05) is 30.3 Å². The zero-order chi connectivity index (χ0) is 10.5. The fraction of sp³-hybridized carbons (Fsp3) is 0.417. The molecule has 1 fully saturated rings. The molecule has 1 aliphatic rings. The molecule has 15 heavy (non-hydrogen) atoms. The minimum absolute atomic E-state index is 0.108. The molecular weight excluding hydrogens is 192 g/mol. The maximum atomic E-state index is 10.8. The van der Waals surface area contributed by atoms with Gasteiger partial charge < -0.3 is 9.47 Å². The highest BCUT2D eigenvalue weighted by Gasteiger charge is 2.23. The van der Waals surface area contributed by atoms with E-state index in [1.165, 1.54) is 0 Å². The maximum absolute atomic E-state index is 10.8. The van der Waals surface area contributed by atoms with E-state index in [1.54, 1.807) is 0 Å². The van der Waals surface area contributed by atoms with Gasteiger partial charge in [-0.25, -0.2) is 0 Å². The Morgan fingerprint density at radius 3 is 2.80 bits per heavy atom. The van der Waals surface area contributed by atoms with Crippen molar-refractivity contribution < 1.29 is 14.3 Å². The number of esters is 1. The van der Waals surface area contributed by atoms with Crippen LogP contribution in [0.5, 0.6) is 0 Å². The molecule has 1 heterocycles. The number of benzene rings is 1. The van der Waals surface area contributed by atoms with Gasteiger partial charge in [-0.2, -0.15) is 0 Å². The van der Waals surface area contributed by atoms with Gasteiger partial charge in [0.05, 0.1) is 26.2 Å². The summed E-state index contributed by atoms with van der Waals surface area (Å²) in [4.78, 5) is 10.8. The molecule has 80 valence electrons. The first-order valence-electron chi connectivity index (χ1n) is 5.12. The lowest BCUT2D eigenvalue weighted by Crippen LogP contribution is -2.09. The van der Waals surface area contributed by atoms with E-state index in [0.717, 1.165) is 5.56 Å². The number of cyclic esters (lactones) is 1. The molecule has 1 atom stereocenters. The summed E-state index contributed by atoms with van der Waals surface area (Å²) in [5.41, 5.74) is 1.16. The first kappa shape index (κ1) is 10.2. The Labute approximate surface area is 89.0 Å². The minimum atomic E-state index is -0.108. The molecule has 1 aliphatic heterocycles. The number of hydrogen-bond acceptors (Lipinski definition) is 3. The first-order chi connectivity index (χ1) is 7.34. The Kier molecular flexibility index (Phi) is 3.35. The zero-order valence-corrected chi connectivity index (χ0v) is 8.52. The number of hydrogen-bond donors (Lipinski definition) is 0. The van der Waals surface area contributed by atoms with Crippen LogP contribution in [-0.2, 0) is 20.9 Å². The topological polar surface area (TPSA) is 35.5 Å². The lowest BCUT2D eigenvalue weighted by atomic mass is 10.1. The molecule has 0 N–H and O–H groups in total. The second kappa shape index (κ2) is 4.94. The maximum Gasteiger partial charge on any atom is 0.306 e. The quantitative estimate of drug-likeness (QED) is 0.704. The third kappa shape index (κ3) is 3.06. The molecule has 1 saturated heterocycles. The minimum Gasteiger partial charge on any atom is -0.465 e. The van der Waals surface area contributed by atoms with Gasteiger partial charge in [-0.3, -0.25) is 4.79 Å². The molecule has 0 radical (unpaired) electrons. The normalized spacial score (nSPS) is 20.3. The summed E-state index contributed by atoms with van der Waals surface area (Å²) in [6, 6.07) is 10.0. The van der Waals surface area contributed by atoms with Crippen molar-refractivity contribution in [3.8, 4) is 0 Å². The number of rotatable bonds is 4. The SMILES string of the molecule is O=C1C[C@H](COCc2ccccc2)CO1. The highest BCUT2D eigenvalue weighted by atomic mass is 16.5. The van der Waals surface area contributed by atoms with E-state index in [9.17, 15) is 4.79 Å². The Bertz CT molecular complexity index is 321. The smallest absolute Gasteiger partial charge is 0.306 e. The number of carbonyl (C=O) groups excluding carboxylic acids is 1. The number of ether oxygens (including phenoxy) is 2. The lowest BCUT2D eigenvalue weighted by molar-refractivity contribution is -0.137. The Hall–Kier alpha value is -1.35. The highest BCUT2D eigenvalue weighted by molar-refractivity contribution is 5.71. The lowest BCUT2D eigenvalue weighted by Gasteiger charge is -2.07. The van der Waals surface area contributed by atoms with E-state index in [2.05, 4.69) is 0 Å². The third-order valence-corrected chi connectivity index (χ3v) is 2.40. The van der Waals surface area contributed by atoms with E-state index < -0.39 is 0 Å². The molecule has 0 aromatic heterocycles. The Morgan fingerprint density at radius 2 is 2.13 bits per heavy atom. The summed E-state index contributed by atoms with van der Waals surface area (Å²) in [5.74, 6) is 0.129. The van der Waals surface area contributed by atoms with Crippen LogP contribution in [0.25, 0.3) is 0 Å².